The second kappa shape index (κ2) is 4.85. The van der Waals surface area contributed by atoms with Gasteiger partial charge in [0.15, 0.2) is 5.65 Å². The van der Waals surface area contributed by atoms with Crippen molar-refractivity contribution in [2.24, 2.45) is 0 Å². The molecule has 0 saturated heterocycles. The first-order chi connectivity index (χ1) is 10.2. The van der Waals surface area contributed by atoms with E-state index in [1.807, 2.05) is 35.0 Å². The maximum Gasteiger partial charge on any atom is 0.163 e. The van der Waals surface area contributed by atoms with Crippen molar-refractivity contribution >= 4 is 17.2 Å². The van der Waals surface area contributed by atoms with E-state index >= 15 is 0 Å². The van der Waals surface area contributed by atoms with Crippen molar-refractivity contribution in [2.75, 3.05) is 0 Å². The van der Waals surface area contributed by atoms with Crippen LogP contribution in [0, 0.1) is 6.92 Å². The molecular weight excluding hydrogens is 282 g/mol. The van der Waals surface area contributed by atoms with Gasteiger partial charge >= 0.3 is 0 Å². The normalized spacial score (nSPS) is 14.4. The Balaban J connectivity index is 1.96. The number of halogens is 1. The molecule has 0 radical (unpaired) electrons. The highest BCUT2D eigenvalue weighted by Gasteiger charge is 2.19. The molecule has 106 valence electrons. The molecule has 0 aliphatic heterocycles. The number of fused-ring (bicyclic) bond motifs is 3. The molecule has 0 fully saturated rings. The third-order valence-corrected chi connectivity index (χ3v) is 4.56. The SMILES string of the molecule is Cc1nc2c(-c3ccc(Cl)cc3)cnn2c2c1CCCC2. The van der Waals surface area contributed by atoms with Crippen LogP contribution in [0.5, 0.6) is 0 Å². The average Bonchev–Trinajstić information content (AvgIpc) is 2.92. The molecule has 1 aliphatic rings. The average molecular weight is 298 g/mol. The zero-order valence-corrected chi connectivity index (χ0v) is 12.7. The predicted molar refractivity (Wildman–Crippen MR) is 84.8 cm³/mol. The van der Waals surface area contributed by atoms with Gasteiger partial charge in [0, 0.05) is 22.0 Å². The Hall–Kier alpha value is -1.87. The van der Waals surface area contributed by atoms with E-state index in [2.05, 4.69) is 12.0 Å². The van der Waals surface area contributed by atoms with Crippen molar-refractivity contribution < 1.29 is 0 Å². The first kappa shape index (κ1) is 12.8. The van der Waals surface area contributed by atoms with E-state index in [-0.39, 0.29) is 0 Å². The Morgan fingerprint density at radius 3 is 2.67 bits per heavy atom. The largest absolute Gasteiger partial charge is 0.233 e. The van der Waals surface area contributed by atoms with Crippen LogP contribution in [-0.4, -0.2) is 14.6 Å². The summed E-state index contributed by atoms with van der Waals surface area (Å²) < 4.78 is 2.03. The van der Waals surface area contributed by atoms with Gasteiger partial charge in [-0.15, -0.1) is 0 Å². The van der Waals surface area contributed by atoms with Crippen molar-refractivity contribution in [3.05, 3.63) is 52.4 Å². The second-order valence-electron chi connectivity index (χ2n) is 5.63. The summed E-state index contributed by atoms with van der Waals surface area (Å²) in [4.78, 5) is 4.82. The van der Waals surface area contributed by atoms with Gasteiger partial charge in [-0.05, 0) is 55.9 Å². The summed E-state index contributed by atoms with van der Waals surface area (Å²) in [5, 5.41) is 5.34. The maximum absolute atomic E-state index is 5.97. The molecule has 4 heteroatoms. The van der Waals surface area contributed by atoms with E-state index in [4.69, 9.17) is 16.6 Å². The van der Waals surface area contributed by atoms with Crippen LogP contribution >= 0.6 is 11.6 Å². The summed E-state index contributed by atoms with van der Waals surface area (Å²) in [7, 11) is 0. The Morgan fingerprint density at radius 1 is 1.10 bits per heavy atom. The van der Waals surface area contributed by atoms with Crippen LogP contribution in [0.2, 0.25) is 5.02 Å². The van der Waals surface area contributed by atoms with Gasteiger partial charge in [-0.3, -0.25) is 0 Å². The van der Waals surface area contributed by atoms with Crippen molar-refractivity contribution in [3.8, 4) is 11.1 Å². The van der Waals surface area contributed by atoms with Gasteiger partial charge in [0.25, 0.3) is 0 Å². The standard InChI is InChI=1S/C17H16ClN3/c1-11-14-4-2-3-5-16(14)21-17(20-11)15(10-19-21)12-6-8-13(18)9-7-12/h6-10H,2-5H2,1H3. The molecule has 1 aliphatic carbocycles. The fourth-order valence-corrected chi connectivity index (χ4v) is 3.35. The van der Waals surface area contributed by atoms with Gasteiger partial charge in [-0.2, -0.15) is 5.10 Å². The van der Waals surface area contributed by atoms with E-state index in [0.717, 1.165) is 40.3 Å². The van der Waals surface area contributed by atoms with Crippen LogP contribution in [0.15, 0.2) is 30.5 Å². The Kier molecular flexibility index (Phi) is 2.96. The van der Waals surface area contributed by atoms with Gasteiger partial charge < -0.3 is 0 Å². The van der Waals surface area contributed by atoms with E-state index in [1.54, 1.807) is 0 Å². The maximum atomic E-state index is 5.97. The van der Waals surface area contributed by atoms with Crippen LogP contribution in [0.3, 0.4) is 0 Å². The van der Waals surface area contributed by atoms with E-state index in [1.165, 1.54) is 24.1 Å². The summed E-state index contributed by atoms with van der Waals surface area (Å²) in [6.07, 6.45) is 6.63. The minimum atomic E-state index is 0.747. The quantitative estimate of drug-likeness (QED) is 0.672. The topological polar surface area (TPSA) is 30.2 Å². The lowest BCUT2D eigenvalue weighted by atomic mass is 9.95. The summed E-state index contributed by atoms with van der Waals surface area (Å²) in [6.45, 7) is 2.11. The van der Waals surface area contributed by atoms with Gasteiger partial charge in [-0.25, -0.2) is 9.50 Å². The van der Waals surface area contributed by atoms with E-state index in [0.29, 0.717) is 0 Å². The van der Waals surface area contributed by atoms with E-state index < -0.39 is 0 Å². The highest BCUT2D eigenvalue weighted by molar-refractivity contribution is 6.30. The predicted octanol–water partition coefficient (Wildman–Crippen LogP) is 4.24. The minimum absolute atomic E-state index is 0.747. The number of hydrogen-bond donors (Lipinski definition) is 0. The van der Waals surface area contributed by atoms with Crippen molar-refractivity contribution in [1.82, 2.24) is 14.6 Å². The Labute approximate surface area is 128 Å². The van der Waals surface area contributed by atoms with Crippen LogP contribution in [0.1, 0.15) is 29.8 Å². The molecule has 4 rings (SSSR count). The lowest BCUT2D eigenvalue weighted by Gasteiger charge is -2.18. The van der Waals surface area contributed by atoms with Crippen LogP contribution < -0.4 is 0 Å². The number of aryl methyl sites for hydroxylation is 2. The third kappa shape index (κ3) is 2.04. The fourth-order valence-electron chi connectivity index (χ4n) is 3.22. The summed E-state index contributed by atoms with van der Waals surface area (Å²) in [5.41, 5.74) is 7.01. The van der Waals surface area contributed by atoms with Crippen LogP contribution in [0.25, 0.3) is 16.8 Å². The molecule has 3 aromatic rings. The first-order valence-corrected chi connectivity index (χ1v) is 7.74. The summed E-state index contributed by atoms with van der Waals surface area (Å²) in [6, 6.07) is 7.86. The second-order valence-corrected chi connectivity index (χ2v) is 6.07. The molecule has 21 heavy (non-hydrogen) atoms. The molecule has 2 heterocycles. The molecule has 0 atom stereocenters. The number of aromatic nitrogens is 3. The zero-order valence-electron chi connectivity index (χ0n) is 11.9. The van der Waals surface area contributed by atoms with Crippen molar-refractivity contribution in [2.45, 2.75) is 32.6 Å². The number of rotatable bonds is 1. The first-order valence-electron chi connectivity index (χ1n) is 7.36. The molecule has 0 bridgehead atoms. The fraction of sp³-hybridized carbons (Fsp3) is 0.294. The van der Waals surface area contributed by atoms with Crippen LogP contribution in [-0.2, 0) is 12.8 Å². The zero-order chi connectivity index (χ0) is 14.4. The smallest absolute Gasteiger partial charge is 0.163 e. The Morgan fingerprint density at radius 2 is 1.86 bits per heavy atom. The minimum Gasteiger partial charge on any atom is -0.233 e. The molecule has 0 amide bonds. The number of hydrogen-bond acceptors (Lipinski definition) is 2. The molecule has 2 aromatic heterocycles. The van der Waals surface area contributed by atoms with Gasteiger partial charge in [0.2, 0.25) is 0 Å². The van der Waals surface area contributed by atoms with Gasteiger partial charge in [0.05, 0.1) is 6.20 Å². The molecule has 1 aromatic carbocycles. The summed E-state index contributed by atoms with van der Waals surface area (Å²) >= 11 is 5.97. The lowest BCUT2D eigenvalue weighted by molar-refractivity contribution is 0.635. The van der Waals surface area contributed by atoms with Crippen molar-refractivity contribution in [3.63, 3.8) is 0 Å². The lowest BCUT2D eigenvalue weighted by Crippen LogP contribution is -2.13. The molecule has 0 spiro atoms. The Bertz CT molecular complexity index is 818. The molecule has 0 saturated carbocycles. The van der Waals surface area contributed by atoms with Gasteiger partial charge in [0.1, 0.15) is 0 Å². The molecule has 0 N–H and O–H groups in total. The molecule has 0 unspecified atom stereocenters. The monoisotopic (exact) mass is 297 g/mol. The summed E-state index contributed by atoms with van der Waals surface area (Å²) in [5.74, 6) is 0. The number of benzene rings is 1. The molecule has 3 nitrogen and oxygen atoms in total. The number of nitrogens with zero attached hydrogens (tertiary/aromatic N) is 3. The van der Waals surface area contributed by atoms with Crippen molar-refractivity contribution in [1.29, 1.82) is 0 Å². The highest BCUT2D eigenvalue weighted by Crippen LogP contribution is 2.29. The molecular formula is C17H16ClN3. The van der Waals surface area contributed by atoms with E-state index in [9.17, 15) is 0 Å². The third-order valence-electron chi connectivity index (χ3n) is 4.30. The van der Waals surface area contributed by atoms with Gasteiger partial charge in [-0.1, -0.05) is 23.7 Å². The highest BCUT2D eigenvalue weighted by atomic mass is 35.5. The van der Waals surface area contributed by atoms with Crippen LogP contribution in [0.4, 0.5) is 0 Å².